The van der Waals surface area contributed by atoms with Crippen LogP contribution < -0.4 is 16.1 Å². The lowest BCUT2D eigenvalue weighted by Gasteiger charge is -2.12. The Morgan fingerprint density at radius 1 is 1.11 bits per heavy atom. The van der Waals surface area contributed by atoms with Crippen molar-refractivity contribution in [1.29, 1.82) is 5.26 Å². The molecule has 0 aliphatic rings. The molecule has 0 radical (unpaired) electrons. The van der Waals surface area contributed by atoms with Crippen LogP contribution >= 0.6 is 11.6 Å². The molecule has 5 rings (SSSR count). The van der Waals surface area contributed by atoms with Gasteiger partial charge in [-0.25, -0.2) is 4.98 Å². The zero-order valence-electron chi connectivity index (χ0n) is 19.2. The highest BCUT2D eigenvalue weighted by molar-refractivity contribution is 6.31. The molecule has 0 aliphatic carbocycles. The Kier molecular flexibility index (Phi) is 5.72. The number of nitrogen functional groups attached to an aromatic ring is 1. The summed E-state index contributed by atoms with van der Waals surface area (Å²) < 4.78 is 48.8. The maximum atomic E-state index is 13.5. The van der Waals surface area contributed by atoms with Crippen LogP contribution in [0.5, 0.6) is 5.88 Å². The summed E-state index contributed by atoms with van der Waals surface area (Å²) in [5.74, 6) is -0.315. The van der Waals surface area contributed by atoms with Crippen molar-refractivity contribution in [3.05, 3.63) is 65.1 Å². The Labute approximate surface area is 211 Å². The monoisotopic (exact) mass is 524 g/mol. The van der Waals surface area contributed by atoms with Crippen molar-refractivity contribution in [2.24, 2.45) is 12.0 Å². The second kappa shape index (κ2) is 8.79. The summed E-state index contributed by atoms with van der Waals surface area (Å²) in [6.07, 6.45) is 0.0268. The molecule has 0 fully saturated rings. The Balaban J connectivity index is 1.87. The lowest BCUT2D eigenvalue weighted by Crippen LogP contribution is -2.23. The lowest BCUT2D eigenvalue weighted by molar-refractivity contribution is -0.137. The van der Waals surface area contributed by atoms with E-state index in [9.17, 15) is 18.4 Å². The van der Waals surface area contributed by atoms with E-state index >= 15 is 0 Å². The summed E-state index contributed by atoms with van der Waals surface area (Å²) in [7, 11) is 3.16. The highest BCUT2D eigenvalue weighted by Gasteiger charge is 2.34. The number of hydrogen-bond donors (Lipinski definition) is 1. The normalized spacial score (nSPS) is 12.3. The predicted octanol–water partition coefficient (Wildman–Crippen LogP) is 4.62. The van der Waals surface area contributed by atoms with Gasteiger partial charge in [0.1, 0.15) is 5.82 Å². The third-order valence-corrected chi connectivity index (χ3v) is 6.14. The zero-order valence-corrected chi connectivity index (χ0v) is 20.0. The van der Waals surface area contributed by atoms with Gasteiger partial charge < -0.3 is 15.0 Å². The number of halogens is 4. The number of ether oxygens (including phenoxy) is 1. The van der Waals surface area contributed by atoms with Gasteiger partial charge in [0, 0.05) is 30.3 Å². The number of alkyl halides is 3. The number of anilines is 1. The summed E-state index contributed by atoms with van der Waals surface area (Å²) >= 11 is 6.49. The largest absolute Gasteiger partial charge is 0.481 e. The van der Waals surface area contributed by atoms with Gasteiger partial charge >= 0.3 is 6.18 Å². The maximum Gasteiger partial charge on any atom is 0.419 e. The van der Waals surface area contributed by atoms with E-state index in [1.165, 1.54) is 13.3 Å². The minimum Gasteiger partial charge on any atom is -0.481 e. The Bertz CT molecular complexity index is 1820. The number of nitrogens with zero attached hydrogens (tertiary/aromatic N) is 7. The van der Waals surface area contributed by atoms with E-state index in [2.05, 4.69) is 19.9 Å². The first-order valence-corrected chi connectivity index (χ1v) is 11.0. The molecule has 37 heavy (non-hydrogen) atoms. The molecule has 1 aromatic carbocycles. The summed E-state index contributed by atoms with van der Waals surface area (Å²) in [6.45, 7) is 0. The van der Waals surface area contributed by atoms with Gasteiger partial charge in [0.25, 0.3) is 0 Å². The van der Waals surface area contributed by atoms with Crippen LogP contribution in [0, 0.1) is 11.5 Å². The first kappa shape index (κ1) is 24.1. The molecule has 0 bridgehead atoms. The van der Waals surface area contributed by atoms with Crippen LogP contribution in [-0.2, 0) is 13.2 Å². The fourth-order valence-electron chi connectivity index (χ4n) is 4.13. The Morgan fingerprint density at radius 3 is 2.57 bits per heavy atom. The first-order chi connectivity index (χ1) is 17.6. The van der Waals surface area contributed by atoms with E-state index in [0.717, 1.165) is 6.07 Å². The first-order valence-electron chi connectivity index (χ1n) is 10.6. The second-order valence-corrected chi connectivity index (χ2v) is 8.31. The number of pyridine rings is 3. The number of methoxy groups -OCH3 is 1. The van der Waals surface area contributed by atoms with Crippen LogP contribution in [0.3, 0.4) is 0 Å². The van der Waals surface area contributed by atoms with E-state index in [4.69, 9.17) is 22.1 Å². The smallest absolute Gasteiger partial charge is 0.419 e. The standard InChI is InChI=1S/C24H16ClF3N8O/c1-35-18-10-31-16-4-3-12(13-8-15(24(26,27)28)22(30)32-9-13)7-14(16)20(18)36(23(35)33-11-29)17-5-6-19(37-2)34-21(17)25/h3-10H,1-2H3,(H2,30,32)/b33-23-. The summed E-state index contributed by atoms with van der Waals surface area (Å²) in [5.41, 5.74) is 7.48. The van der Waals surface area contributed by atoms with Crippen molar-refractivity contribution in [2.75, 3.05) is 12.8 Å². The van der Waals surface area contributed by atoms with Crippen molar-refractivity contribution in [2.45, 2.75) is 6.18 Å². The number of aromatic nitrogens is 5. The van der Waals surface area contributed by atoms with Crippen molar-refractivity contribution in [3.63, 3.8) is 0 Å². The number of nitrogens with two attached hydrogens (primary N) is 1. The summed E-state index contributed by atoms with van der Waals surface area (Å²) in [6, 6.07) is 9.24. The number of nitriles is 1. The molecule has 4 heterocycles. The van der Waals surface area contributed by atoms with Crippen LogP contribution in [0.4, 0.5) is 19.0 Å². The van der Waals surface area contributed by atoms with Crippen LogP contribution in [-0.4, -0.2) is 31.2 Å². The highest BCUT2D eigenvalue weighted by Crippen LogP contribution is 2.36. The van der Waals surface area contributed by atoms with E-state index in [1.807, 2.05) is 0 Å². The molecule has 0 spiro atoms. The molecule has 0 saturated carbocycles. The van der Waals surface area contributed by atoms with Gasteiger partial charge in [-0.05, 0) is 29.8 Å². The molecule has 9 nitrogen and oxygen atoms in total. The molecular formula is C24H16ClF3N8O. The molecule has 186 valence electrons. The molecule has 5 aromatic rings. The number of imidazole rings is 1. The second-order valence-electron chi connectivity index (χ2n) is 7.95. The van der Waals surface area contributed by atoms with Crippen molar-refractivity contribution >= 4 is 39.4 Å². The lowest BCUT2D eigenvalue weighted by atomic mass is 10.0. The third kappa shape index (κ3) is 3.99. The van der Waals surface area contributed by atoms with Crippen molar-refractivity contribution in [1.82, 2.24) is 24.1 Å². The van der Waals surface area contributed by atoms with Crippen molar-refractivity contribution in [3.8, 4) is 28.9 Å². The third-order valence-electron chi connectivity index (χ3n) is 5.87. The number of aryl methyl sites for hydroxylation is 1. The Hall–Kier alpha value is -4.63. The highest BCUT2D eigenvalue weighted by atomic mass is 35.5. The average molecular weight is 525 g/mol. The number of rotatable bonds is 3. The molecule has 0 saturated heterocycles. The van der Waals surface area contributed by atoms with Crippen molar-refractivity contribution < 1.29 is 17.9 Å². The fourth-order valence-corrected chi connectivity index (χ4v) is 4.37. The molecule has 0 atom stereocenters. The van der Waals surface area contributed by atoms with E-state index in [-0.39, 0.29) is 16.3 Å². The van der Waals surface area contributed by atoms with Crippen LogP contribution in [0.15, 0.2) is 53.8 Å². The molecule has 13 heteroatoms. The minimum absolute atomic E-state index is 0.0879. The number of benzene rings is 1. The molecule has 2 N–H and O–H groups in total. The SMILES string of the molecule is COc1ccc(-n2/c(=N\C#N)n(C)c3cnc4ccc(-c5cnc(N)c(C(F)(F)F)c5)cc4c32)c(Cl)n1. The average Bonchev–Trinajstić information content (AvgIpc) is 3.15. The van der Waals surface area contributed by atoms with Gasteiger partial charge in [-0.2, -0.15) is 23.4 Å². The van der Waals surface area contributed by atoms with Gasteiger partial charge in [0.05, 0.1) is 41.1 Å². The molecule has 4 aromatic heterocycles. The number of hydrogen-bond acceptors (Lipinski definition) is 7. The Morgan fingerprint density at radius 2 is 1.89 bits per heavy atom. The predicted molar refractivity (Wildman–Crippen MR) is 131 cm³/mol. The van der Waals surface area contributed by atoms with Crippen LogP contribution in [0.1, 0.15) is 5.56 Å². The van der Waals surface area contributed by atoms with E-state index < -0.39 is 17.6 Å². The zero-order chi connectivity index (χ0) is 26.5. The van der Waals surface area contributed by atoms with Gasteiger partial charge in [-0.3, -0.25) is 9.55 Å². The fraction of sp³-hybridized carbons (Fsp3) is 0.125. The van der Waals surface area contributed by atoms with Gasteiger partial charge in [-0.1, -0.05) is 17.7 Å². The topological polar surface area (TPSA) is 120 Å². The summed E-state index contributed by atoms with van der Waals surface area (Å²) in [4.78, 5) is 16.4. The van der Waals surface area contributed by atoms with Gasteiger partial charge in [0.15, 0.2) is 5.15 Å². The quantitative estimate of drug-likeness (QED) is 0.272. The summed E-state index contributed by atoms with van der Waals surface area (Å²) in [5, 5.41) is 10.0. The van der Waals surface area contributed by atoms with Gasteiger partial charge in [0.2, 0.25) is 17.7 Å². The maximum absolute atomic E-state index is 13.5. The number of fused-ring (bicyclic) bond motifs is 3. The van der Waals surface area contributed by atoms with Crippen LogP contribution in [0.25, 0.3) is 38.8 Å². The minimum atomic E-state index is -4.66. The van der Waals surface area contributed by atoms with Crippen LogP contribution in [0.2, 0.25) is 5.15 Å². The molecule has 0 amide bonds. The van der Waals surface area contributed by atoms with E-state index in [0.29, 0.717) is 39.1 Å². The van der Waals surface area contributed by atoms with Gasteiger partial charge in [-0.15, -0.1) is 4.99 Å². The molecule has 0 unspecified atom stereocenters. The van der Waals surface area contributed by atoms with E-state index in [1.54, 1.807) is 58.9 Å². The molecular weight excluding hydrogens is 509 g/mol. The molecule has 0 aliphatic heterocycles.